The molecule has 5 nitrogen and oxygen atoms in total. The average molecular weight is 434 g/mol. The Morgan fingerprint density at radius 3 is 2.55 bits per heavy atom. The molecule has 0 fully saturated rings. The SMILES string of the molecule is CS(=O)(=O)c1cc(F)cc2c3c(n(Cc4ccc(Cl)cc4)c12)/C(=C\C(=O)O)CC3. The first-order chi connectivity index (χ1) is 13.6. The Morgan fingerprint density at radius 1 is 1.24 bits per heavy atom. The second kappa shape index (κ2) is 7.00. The molecule has 0 saturated heterocycles. The number of aromatic nitrogens is 1. The lowest BCUT2D eigenvalue weighted by atomic mass is 10.1. The van der Waals surface area contributed by atoms with Crippen molar-refractivity contribution in [2.24, 2.45) is 0 Å². The molecule has 1 N–H and O–H groups in total. The van der Waals surface area contributed by atoms with Crippen LogP contribution in [0.3, 0.4) is 0 Å². The predicted molar refractivity (Wildman–Crippen MR) is 109 cm³/mol. The maximum Gasteiger partial charge on any atom is 0.328 e. The van der Waals surface area contributed by atoms with E-state index >= 15 is 0 Å². The van der Waals surface area contributed by atoms with Crippen LogP contribution in [0.5, 0.6) is 0 Å². The summed E-state index contributed by atoms with van der Waals surface area (Å²) in [6, 6.07) is 9.44. The highest BCUT2D eigenvalue weighted by Crippen LogP contribution is 2.42. The Balaban J connectivity index is 2.08. The van der Waals surface area contributed by atoms with Crippen LogP contribution in [-0.2, 0) is 27.6 Å². The number of hydrogen-bond acceptors (Lipinski definition) is 3. The molecule has 0 atom stereocenters. The van der Waals surface area contributed by atoms with Crippen molar-refractivity contribution in [3.63, 3.8) is 0 Å². The summed E-state index contributed by atoms with van der Waals surface area (Å²) in [7, 11) is -3.72. The van der Waals surface area contributed by atoms with Gasteiger partial charge < -0.3 is 9.67 Å². The van der Waals surface area contributed by atoms with E-state index in [-0.39, 0.29) is 4.90 Å². The highest BCUT2D eigenvalue weighted by Gasteiger charge is 2.30. The average Bonchev–Trinajstić information content (AvgIpc) is 3.15. The number of carbonyl (C=O) groups is 1. The first-order valence-corrected chi connectivity index (χ1v) is 11.1. The zero-order chi connectivity index (χ0) is 20.9. The Hall–Kier alpha value is -2.64. The zero-order valence-electron chi connectivity index (χ0n) is 15.4. The predicted octanol–water partition coefficient (Wildman–Crippen LogP) is 4.30. The van der Waals surface area contributed by atoms with Crippen LogP contribution in [-0.4, -0.2) is 30.3 Å². The minimum atomic E-state index is -3.72. The fourth-order valence-electron chi connectivity index (χ4n) is 3.99. The quantitative estimate of drug-likeness (QED) is 0.622. The highest BCUT2D eigenvalue weighted by atomic mass is 35.5. The summed E-state index contributed by atoms with van der Waals surface area (Å²) in [6.45, 7) is 0.300. The van der Waals surface area contributed by atoms with Gasteiger partial charge in [-0.25, -0.2) is 17.6 Å². The van der Waals surface area contributed by atoms with Gasteiger partial charge in [0.25, 0.3) is 0 Å². The lowest BCUT2D eigenvalue weighted by Crippen LogP contribution is -2.08. The van der Waals surface area contributed by atoms with E-state index in [0.717, 1.165) is 29.5 Å². The van der Waals surface area contributed by atoms with Crippen LogP contribution in [0.1, 0.15) is 23.2 Å². The van der Waals surface area contributed by atoms with Gasteiger partial charge in [0.2, 0.25) is 0 Å². The van der Waals surface area contributed by atoms with Gasteiger partial charge in [-0.15, -0.1) is 0 Å². The number of aryl methyl sites for hydroxylation is 1. The van der Waals surface area contributed by atoms with Crippen LogP contribution in [0.4, 0.5) is 4.39 Å². The monoisotopic (exact) mass is 433 g/mol. The van der Waals surface area contributed by atoms with Crippen LogP contribution < -0.4 is 0 Å². The number of fused-ring (bicyclic) bond motifs is 3. The summed E-state index contributed by atoms with van der Waals surface area (Å²) >= 11 is 5.96. The second-order valence-corrected chi connectivity index (χ2v) is 9.54. The molecule has 8 heteroatoms. The van der Waals surface area contributed by atoms with E-state index in [9.17, 15) is 22.7 Å². The fraction of sp³-hybridized carbons (Fsp3) is 0.190. The van der Waals surface area contributed by atoms with E-state index in [4.69, 9.17) is 11.6 Å². The van der Waals surface area contributed by atoms with E-state index in [1.165, 1.54) is 6.07 Å². The van der Waals surface area contributed by atoms with Gasteiger partial charge in [0.1, 0.15) is 5.82 Å². The highest BCUT2D eigenvalue weighted by molar-refractivity contribution is 7.91. The van der Waals surface area contributed by atoms with Crippen molar-refractivity contribution < 1.29 is 22.7 Å². The summed E-state index contributed by atoms with van der Waals surface area (Å²) in [6.07, 6.45) is 3.20. The molecule has 4 rings (SSSR count). The van der Waals surface area contributed by atoms with E-state index in [0.29, 0.717) is 46.6 Å². The summed E-state index contributed by atoms with van der Waals surface area (Å²) in [5, 5.41) is 10.3. The number of carboxylic acids is 1. The van der Waals surface area contributed by atoms with Crippen LogP contribution >= 0.6 is 11.6 Å². The normalized spacial score (nSPS) is 15.2. The Morgan fingerprint density at radius 2 is 1.93 bits per heavy atom. The molecule has 0 radical (unpaired) electrons. The smallest absolute Gasteiger partial charge is 0.328 e. The van der Waals surface area contributed by atoms with Crippen molar-refractivity contribution in [2.75, 3.05) is 6.26 Å². The number of halogens is 2. The molecule has 150 valence electrons. The van der Waals surface area contributed by atoms with Crippen LogP contribution in [0.25, 0.3) is 16.5 Å². The number of allylic oxidation sites excluding steroid dienone is 1. The molecule has 0 aliphatic heterocycles. The molecule has 1 aliphatic rings. The van der Waals surface area contributed by atoms with Crippen LogP contribution in [0.2, 0.25) is 5.02 Å². The minimum Gasteiger partial charge on any atom is -0.478 e. The Labute approximate surface area is 171 Å². The third kappa shape index (κ3) is 3.56. The van der Waals surface area contributed by atoms with E-state index in [1.807, 2.05) is 12.1 Å². The van der Waals surface area contributed by atoms with Gasteiger partial charge in [-0.2, -0.15) is 0 Å². The molecule has 2 aromatic carbocycles. The molecule has 29 heavy (non-hydrogen) atoms. The minimum absolute atomic E-state index is 0.106. The van der Waals surface area contributed by atoms with Crippen molar-refractivity contribution in [2.45, 2.75) is 24.3 Å². The topological polar surface area (TPSA) is 76.4 Å². The molecule has 0 amide bonds. The summed E-state index contributed by atoms with van der Waals surface area (Å²) < 4.78 is 40.9. The number of sulfone groups is 1. The summed E-state index contributed by atoms with van der Waals surface area (Å²) in [5.41, 5.74) is 3.26. The fourth-order valence-corrected chi connectivity index (χ4v) is 5.01. The number of nitrogens with zero attached hydrogens (tertiary/aromatic N) is 1. The molecular weight excluding hydrogens is 417 g/mol. The molecule has 0 saturated carbocycles. The van der Waals surface area contributed by atoms with Crippen molar-refractivity contribution in [1.29, 1.82) is 0 Å². The van der Waals surface area contributed by atoms with Crippen LogP contribution in [0, 0.1) is 5.82 Å². The molecule has 1 aliphatic carbocycles. The van der Waals surface area contributed by atoms with E-state index in [2.05, 4.69) is 0 Å². The van der Waals surface area contributed by atoms with Crippen molar-refractivity contribution in [1.82, 2.24) is 4.57 Å². The van der Waals surface area contributed by atoms with Gasteiger partial charge in [-0.3, -0.25) is 0 Å². The van der Waals surface area contributed by atoms with Crippen LogP contribution in [0.15, 0.2) is 47.4 Å². The van der Waals surface area contributed by atoms with Gasteiger partial charge >= 0.3 is 5.97 Å². The van der Waals surface area contributed by atoms with Crippen molar-refractivity contribution in [3.8, 4) is 0 Å². The first kappa shape index (κ1) is 19.7. The number of rotatable bonds is 4. The Kier molecular flexibility index (Phi) is 4.75. The number of hydrogen-bond donors (Lipinski definition) is 1. The van der Waals surface area contributed by atoms with Crippen molar-refractivity contribution in [3.05, 3.63) is 70.1 Å². The third-order valence-corrected chi connectivity index (χ3v) is 6.45. The number of carboxylic acid groups (broad SMARTS) is 1. The van der Waals surface area contributed by atoms with Gasteiger partial charge in [0.15, 0.2) is 9.84 Å². The molecule has 1 heterocycles. The summed E-state index contributed by atoms with van der Waals surface area (Å²) in [4.78, 5) is 11.2. The van der Waals surface area contributed by atoms with Gasteiger partial charge in [0.05, 0.1) is 10.4 Å². The number of aliphatic carboxylic acids is 1. The Bertz CT molecular complexity index is 1290. The summed E-state index contributed by atoms with van der Waals surface area (Å²) in [5.74, 6) is -1.72. The van der Waals surface area contributed by atoms with E-state index in [1.54, 1.807) is 16.7 Å². The van der Waals surface area contributed by atoms with E-state index < -0.39 is 21.6 Å². The van der Waals surface area contributed by atoms with Gasteiger partial charge in [-0.1, -0.05) is 23.7 Å². The molecular formula is C21H17ClFNO4S. The maximum atomic E-state index is 14.3. The molecule has 0 spiro atoms. The third-order valence-electron chi connectivity index (χ3n) is 5.09. The van der Waals surface area contributed by atoms with Crippen molar-refractivity contribution >= 4 is 43.9 Å². The lowest BCUT2D eigenvalue weighted by molar-refractivity contribution is -0.131. The molecule has 1 aromatic heterocycles. The lowest BCUT2D eigenvalue weighted by Gasteiger charge is -2.14. The largest absolute Gasteiger partial charge is 0.478 e. The maximum absolute atomic E-state index is 14.3. The molecule has 0 bridgehead atoms. The van der Waals surface area contributed by atoms with Gasteiger partial charge in [0, 0.05) is 35.0 Å². The van der Waals surface area contributed by atoms with Gasteiger partial charge in [-0.05, 0) is 53.8 Å². The standard InChI is InChI=1S/C21H17ClFNO4S/c1-29(27,28)18-10-15(23)9-17-16-7-4-13(8-19(25)26)20(16)24(21(17)18)11-12-2-5-14(22)6-3-12/h2-3,5-6,8-10H,4,7,11H2,1H3,(H,25,26)/b13-8-. The molecule has 0 unspecified atom stereocenters. The molecule has 3 aromatic rings. The zero-order valence-corrected chi connectivity index (χ0v) is 17.0. The first-order valence-electron chi connectivity index (χ1n) is 8.88. The second-order valence-electron chi connectivity index (χ2n) is 7.12. The number of benzene rings is 2.